The monoisotopic (exact) mass is 335 g/mol. The third kappa shape index (κ3) is 5.30. The quantitative estimate of drug-likeness (QED) is 0.497. The molecule has 0 saturated carbocycles. The molecular formula is C16H15F2N3OS. The van der Waals surface area contributed by atoms with Crippen LogP contribution < -0.4 is 15.5 Å². The van der Waals surface area contributed by atoms with E-state index in [-0.39, 0.29) is 10.7 Å². The van der Waals surface area contributed by atoms with Crippen molar-refractivity contribution in [2.45, 2.75) is 6.92 Å². The van der Waals surface area contributed by atoms with Gasteiger partial charge in [0.2, 0.25) is 0 Å². The Morgan fingerprint density at radius 3 is 2.61 bits per heavy atom. The molecule has 2 aromatic rings. The summed E-state index contributed by atoms with van der Waals surface area (Å²) in [5.41, 5.74) is 3.47. The number of ether oxygens (including phenoxy) is 1. The lowest BCUT2D eigenvalue weighted by Crippen LogP contribution is -2.23. The first kappa shape index (κ1) is 16.8. The summed E-state index contributed by atoms with van der Waals surface area (Å²) in [7, 11) is 0. The average molecular weight is 335 g/mol. The van der Waals surface area contributed by atoms with Gasteiger partial charge in [0.15, 0.2) is 5.11 Å². The van der Waals surface area contributed by atoms with E-state index in [4.69, 9.17) is 17.0 Å². The SMILES string of the molecule is CCOc1ccc(NC(=S)N/N=C\c2ccc(F)cc2F)cc1. The van der Waals surface area contributed by atoms with Gasteiger partial charge in [0.1, 0.15) is 17.4 Å². The predicted octanol–water partition coefficient (Wildman–Crippen LogP) is 3.68. The number of anilines is 1. The van der Waals surface area contributed by atoms with E-state index >= 15 is 0 Å². The van der Waals surface area contributed by atoms with Crippen LogP contribution in [-0.2, 0) is 0 Å². The van der Waals surface area contributed by atoms with E-state index in [2.05, 4.69) is 15.8 Å². The maximum atomic E-state index is 13.4. The van der Waals surface area contributed by atoms with E-state index < -0.39 is 11.6 Å². The second-order valence-electron chi connectivity index (χ2n) is 4.45. The number of hydrogen-bond acceptors (Lipinski definition) is 3. The van der Waals surface area contributed by atoms with Crippen LogP contribution in [0.5, 0.6) is 5.75 Å². The van der Waals surface area contributed by atoms with Gasteiger partial charge in [-0.3, -0.25) is 5.43 Å². The molecule has 2 rings (SSSR count). The largest absolute Gasteiger partial charge is 0.494 e. The standard InChI is InChI=1S/C16H15F2N3OS/c1-2-22-14-7-5-13(6-8-14)20-16(23)21-19-10-11-3-4-12(17)9-15(11)18/h3-10H,2H2,1H3,(H2,20,21,23)/b19-10-. The molecule has 0 aliphatic heterocycles. The van der Waals surface area contributed by atoms with Crippen molar-refractivity contribution in [2.75, 3.05) is 11.9 Å². The summed E-state index contributed by atoms with van der Waals surface area (Å²) >= 11 is 5.07. The number of benzene rings is 2. The summed E-state index contributed by atoms with van der Waals surface area (Å²) in [5.74, 6) is -0.567. The molecule has 0 amide bonds. The molecule has 2 aromatic carbocycles. The van der Waals surface area contributed by atoms with E-state index in [0.29, 0.717) is 6.61 Å². The zero-order valence-corrected chi connectivity index (χ0v) is 13.2. The van der Waals surface area contributed by atoms with E-state index in [1.54, 1.807) is 0 Å². The lowest BCUT2D eigenvalue weighted by molar-refractivity contribution is 0.340. The molecule has 0 radical (unpaired) electrons. The van der Waals surface area contributed by atoms with Crippen molar-refractivity contribution in [1.29, 1.82) is 0 Å². The molecule has 0 aromatic heterocycles. The number of hydrazone groups is 1. The minimum absolute atomic E-state index is 0.155. The van der Waals surface area contributed by atoms with E-state index in [1.807, 2.05) is 31.2 Å². The van der Waals surface area contributed by atoms with Crippen LogP contribution in [0.3, 0.4) is 0 Å². The highest BCUT2D eigenvalue weighted by Gasteiger charge is 2.01. The van der Waals surface area contributed by atoms with Crippen LogP contribution in [0.1, 0.15) is 12.5 Å². The van der Waals surface area contributed by atoms with Crippen LogP contribution in [0, 0.1) is 11.6 Å². The van der Waals surface area contributed by atoms with Gasteiger partial charge in [0, 0.05) is 17.3 Å². The van der Waals surface area contributed by atoms with Crippen LogP contribution in [0.25, 0.3) is 0 Å². The molecule has 0 spiro atoms. The van der Waals surface area contributed by atoms with Crippen molar-refractivity contribution in [1.82, 2.24) is 5.43 Å². The highest BCUT2D eigenvalue weighted by Crippen LogP contribution is 2.15. The predicted molar refractivity (Wildman–Crippen MR) is 90.9 cm³/mol. The molecule has 120 valence electrons. The first-order valence-electron chi connectivity index (χ1n) is 6.86. The van der Waals surface area contributed by atoms with Crippen molar-refractivity contribution < 1.29 is 13.5 Å². The van der Waals surface area contributed by atoms with Crippen LogP contribution in [-0.4, -0.2) is 17.9 Å². The Morgan fingerprint density at radius 1 is 1.22 bits per heavy atom. The fourth-order valence-electron chi connectivity index (χ4n) is 1.73. The summed E-state index contributed by atoms with van der Waals surface area (Å²) in [6.45, 7) is 2.51. The Morgan fingerprint density at radius 2 is 1.96 bits per heavy atom. The van der Waals surface area contributed by atoms with E-state index in [1.165, 1.54) is 12.3 Å². The van der Waals surface area contributed by atoms with Gasteiger partial charge in [-0.1, -0.05) is 0 Å². The summed E-state index contributed by atoms with van der Waals surface area (Å²) in [5, 5.41) is 6.97. The van der Waals surface area contributed by atoms with Crippen LogP contribution in [0.15, 0.2) is 47.6 Å². The number of nitrogens with one attached hydrogen (secondary N) is 2. The third-order valence-corrected chi connectivity index (χ3v) is 2.95. The molecule has 0 aliphatic rings. The Bertz CT molecular complexity index is 705. The molecule has 0 unspecified atom stereocenters. The second-order valence-corrected chi connectivity index (χ2v) is 4.86. The zero-order valence-electron chi connectivity index (χ0n) is 12.3. The van der Waals surface area contributed by atoms with Gasteiger partial charge < -0.3 is 10.1 Å². The summed E-state index contributed by atoms with van der Waals surface area (Å²) in [6, 6.07) is 10.5. The maximum Gasteiger partial charge on any atom is 0.191 e. The molecule has 0 aliphatic carbocycles. The lowest BCUT2D eigenvalue weighted by Gasteiger charge is -2.08. The van der Waals surface area contributed by atoms with Gasteiger partial charge in [-0.2, -0.15) is 5.10 Å². The van der Waals surface area contributed by atoms with Crippen molar-refractivity contribution >= 4 is 29.2 Å². The smallest absolute Gasteiger partial charge is 0.191 e. The van der Waals surface area contributed by atoms with Gasteiger partial charge in [0.25, 0.3) is 0 Å². The summed E-state index contributed by atoms with van der Waals surface area (Å²) < 4.78 is 31.5. The molecule has 0 atom stereocenters. The van der Waals surface area contributed by atoms with Crippen LogP contribution >= 0.6 is 12.2 Å². The normalized spacial score (nSPS) is 10.6. The van der Waals surface area contributed by atoms with Crippen molar-refractivity contribution in [3.8, 4) is 5.75 Å². The Labute approximate surface area is 138 Å². The summed E-state index contributed by atoms with van der Waals surface area (Å²) in [4.78, 5) is 0. The number of thiocarbonyl (C=S) groups is 1. The molecule has 0 fully saturated rings. The first-order valence-corrected chi connectivity index (χ1v) is 7.27. The Kier molecular flexibility index (Phi) is 5.99. The van der Waals surface area contributed by atoms with Crippen molar-refractivity contribution in [3.63, 3.8) is 0 Å². The maximum absolute atomic E-state index is 13.4. The van der Waals surface area contributed by atoms with Crippen molar-refractivity contribution in [3.05, 3.63) is 59.7 Å². The minimum Gasteiger partial charge on any atom is -0.494 e. The van der Waals surface area contributed by atoms with Gasteiger partial charge in [-0.05, 0) is 55.5 Å². The first-order chi connectivity index (χ1) is 11.1. The average Bonchev–Trinajstić information content (AvgIpc) is 2.52. The van der Waals surface area contributed by atoms with Gasteiger partial charge in [-0.15, -0.1) is 0 Å². The molecule has 0 bridgehead atoms. The van der Waals surface area contributed by atoms with Crippen LogP contribution in [0.2, 0.25) is 0 Å². The molecule has 0 heterocycles. The van der Waals surface area contributed by atoms with Crippen LogP contribution in [0.4, 0.5) is 14.5 Å². The Hall–Kier alpha value is -2.54. The number of hydrogen-bond donors (Lipinski definition) is 2. The molecule has 7 heteroatoms. The summed E-state index contributed by atoms with van der Waals surface area (Å²) in [6.07, 6.45) is 1.22. The van der Waals surface area contributed by atoms with Gasteiger partial charge >= 0.3 is 0 Å². The topological polar surface area (TPSA) is 45.6 Å². The second kappa shape index (κ2) is 8.19. The highest BCUT2D eigenvalue weighted by atomic mass is 32.1. The highest BCUT2D eigenvalue weighted by molar-refractivity contribution is 7.80. The fourth-order valence-corrected chi connectivity index (χ4v) is 1.90. The Balaban J connectivity index is 1.88. The molecule has 2 N–H and O–H groups in total. The zero-order chi connectivity index (χ0) is 16.7. The van der Waals surface area contributed by atoms with Crippen molar-refractivity contribution in [2.24, 2.45) is 5.10 Å². The number of rotatable bonds is 5. The van der Waals surface area contributed by atoms with Gasteiger partial charge in [-0.25, -0.2) is 8.78 Å². The fraction of sp³-hybridized carbons (Fsp3) is 0.125. The van der Waals surface area contributed by atoms with Gasteiger partial charge in [0.05, 0.1) is 12.8 Å². The number of nitrogens with zero attached hydrogens (tertiary/aromatic N) is 1. The number of halogens is 2. The lowest BCUT2D eigenvalue weighted by atomic mass is 10.2. The molecule has 23 heavy (non-hydrogen) atoms. The molecule has 4 nitrogen and oxygen atoms in total. The molecule has 0 saturated heterocycles. The third-order valence-electron chi connectivity index (χ3n) is 2.76. The van der Waals surface area contributed by atoms with E-state index in [9.17, 15) is 8.78 Å². The van der Waals surface area contributed by atoms with E-state index in [0.717, 1.165) is 23.6 Å². The molecular weight excluding hydrogens is 320 g/mol. The minimum atomic E-state index is -0.694.